The van der Waals surface area contributed by atoms with Crippen LogP contribution in [0.3, 0.4) is 0 Å². The first-order chi connectivity index (χ1) is 7.63. The highest BCUT2D eigenvalue weighted by atomic mass is 35.5. The molecule has 16 heavy (non-hydrogen) atoms. The molecule has 0 aromatic heterocycles. The Morgan fingerprint density at radius 3 is 2.94 bits per heavy atom. The number of hydrogen-bond donors (Lipinski definition) is 1. The van der Waals surface area contributed by atoms with E-state index in [2.05, 4.69) is 24.9 Å². The average molecular weight is 257 g/mol. The molecule has 0 saturated heterocycles. The van der Waals surface area contributed by atoms with E-state index < -0.39 is 0 Å². The van der Waals surface area contributed by atoms with Gasteiger partial charge in [0.1, 0.15) is 0 Å². The van der Waals surface area contributed by atoms with Crippen LogP contribution in [0.1, 0.15) is 13.3 Å². The number of benzene rings is 1. The van der Waals surface area contributed by atoms with E-state index in [1.807, 2.05) is 23.9 Å². The van der Waals surface area contributed by atoms with Crippen LogP contribution < -0.4 is 10.6 Å². The molecule has 2 atom stereocenters. The fraction of sp³-hybridized carbons (Fsp3) is 0.500. The molecule has 1 heterocycles. The average Bonchev–Trinajstić information content (AvgIpc) is 2.25. The topological polar surface area (TPSA) is 29.3 Å². The molecule has 0 amide bonds. The number of rotatable bonds is 2. The zero-order valence-corrected chi connectivity index (χ0v) is 11.2. The second-order valence-corrected chi connectivity index (χ2v) is 5.91. The van der Waals surface area contributed by atoms with Gasteiger partial charge in [-0.2, -0.15) is 0 Å². The number of hydrogen-bond acceptors (Lipinski definition) is 3. The molecule has 2 nitrogen and oxygen atoms in total. The van der Waals surface area contributed by atoms with E-state index in [0.717, 1.165) is 18.0 Å². The van der Waals surface area contributed by atoms with E-state index in [1.54, 1.807) is 0 Å². The lowest BCUT2D eigenvalue weighted by Crippen LogP contribution is -2.41. The van der Waals surface area contributed by atoms with Crippen molar-refractivity contribution in [1.29, 1.82) is 0 Å². The summed E-state index contributed by atoms with van der Waals surface area (Å²) in [5, 5.41) is 1.36. The Bertz CT molecular complexity index is 383. The van der Waals surface area contributed by atoms with Crippen molar-refractivity contribution in [3.8, 4) is 0 Å². The summed E-state index contributed by atoms with van der Waals surface area (Å²) < 4.78 is 0. The summed E-state index contributed by atoms with van der Waals surface area (Å²) in [6.45, 7) is 3.00. The molecule has 4 heteroatoms. The lowest BCUT2D eigenvalue weighted by atomic mass is 10.1. The molecule has 0 spiro atoms. The summed E-state index contributed by atoms with van der Waals surface area (Å²) in [5.74, 6) is 0. The Morgan fingerprint density at radius 2 is 2.25 bits per heavy atom. The second-order valence-electron chi connectivity index (χ2n) is 4.20. The van der Waals surface area contributed by atoms with Crippen LogP contribution in [0, 0.1) is 0 Å². The zero-order chi connectivity index (χ0) is 11.7. The molecule has 1 aromatic rings. The first-order valence-corrected chi connectivity index (χ1v) is 6.78. The predicted octanol–water partition coefficient (Wildman–Crippen LogP) is 2.99. The maximum atomic E-state index is 6.03. The maximum Gasteiger partial charge on any atom is 0.0505 e. The molecule has 2 N–H and O–H groups in total. The van der Waals surface area contributed by atoms with Gasteiger partial charge in [0.15, 0.2) is 0 Å². The van der Waals surface area contributed by atoms with Gasteiger partial charge < -0.3 is 10.6 Å². The maximum absolute atomic E-state index is 6.03. The number of nitrogens with two attached hydrogens (primary N) is 1. The molecule has 0 aliphatic carbocycles. The van der Waals surface area contributed by atoms with Crippen molar-refractivity contribution in [1.82, 2.24) is 0 Å². The largest absolute Gasteiger partial charge is 0.370 e. The SMILES string of the molecule is CC1C(CCN)Sc2cc(Cl)ccc2N1C. The van der Waals surface area contributed by atoms with Gasteiger partial charge in [0.2, 0.25) is 0 Å². The van der Waals surface area contributed by atoms with E-state index in [9.17, 15) is 0 Å². The van der Waals surface area contributed by atoms with Crippen LogP contribution >= 0.6 is 23.4 Å². The molecule has 0 bridgehead atoms. The number of nitrogens with zero attached hydrogens (tertiary/aromatic N) is 1. The van der Waals surface area contributed by atoms with Crippen LogP contribution in [0.15, 0.2) is 23.1 Å². The van der Waals surface area contributed by atoms with Crippen molar-refractivity contribution in [3.05, 3.63) is 23.2 Å². The highest BCUT2D eigenvalue weighted by molar-refractivity contribution is 8.00. The van der Waals surface area contributed by atoms with Gasteiger partial charge in [-0.15, -0.1) is 11.8 Å². The summed E-state index contributed by atoms with van der Waals surface area (Å²) >= 11 is 7.93. The van der Waals surface area contributed by atoms with Crippen molar-refractivity contribution in [2.75, 3.05) is 18.5 Å². The third kappa shape index (κ3) is 2.17. The van der Waals surface area contributed by atoms with Gasteiger partial charge in [-0.25, -0.2) is 0 Å². The van der Waals surface area contributed by atoms with Gasteiger partial charge in [-0.1, -0.05) is 11.6 Å². The summed E-state index contributed by atoms with van der Waals surface area (Å²) in [6.07, 6.45) is 1.04. The third-order valence-electron chi connectivity index (χ3n) is 3.18. The van der Waals surface area contributed by atoms with Gasteiger partial charge in [-0.3, -0.25) is 0 Å². The highest BCUT2D eigenvalue weighted by Crippen LogP contribution is 2.42. The molecule has 2 rings (SSSR count). The minimum Gasteiger partial charge on any atom is -0.370 e. The van der Waals surface area contributed by atoms with Crippen LogP contribution in [0.25, 0.3) is 0 Å². The summed E-state index contributed by atoms with van der Waals surface area (Å²) in [6, 6.07) is 6.61. The van der Waals surface area contributed by atoms with Gasteiger partial charge in [0.05, 0.1) is 5.69 Å². The Hall–Kier alpha value is -0.380. The minimum atomic E-state index is 0.516. The fourth-order valence-corrected chi connectivity index (χ4v) is 3.79. The van der Waals surface area contributed by atoms with E-state index in [4.69, 9.17) is 17.3 Å². The van der Waals surface area contributed by atoms with Crippen LogP contribution in [-0.2, 0) is 0 Å². The fourth-order valence-electron chi connectivity index (χ4n) is 2.07. The molecule has 1 aliphatic heterocycles. The number of fused-ring (bicyclic) bond motifs is 1. The van der Waals surface area contributed by atoms with E-state index in [1.165, 1.54) is 10.6 Å². The molecular formula is C12H17ClN2S. The monoisotopic (exact) mass is 256 g/mol. The van der Waals surface area contributed by atoms with Gasteiger partial charge in [0.25, 0.3) is 0 Å². The molecular weight excluding hydrogens is 240 g/mol. The molecule has 88 valence electrons. The number of halogens is 1. The summed E-state index contributed by atoms with van der Waals surface area (Å²) in [5.41, 5.74) is 6.93. The van der Waals surface area contributed by atoms with Crippen molar-refractivity contribution >= 4 is 29.1 Å². The Kier molecular flexibility index (Phi) is 3.67. The molecule has 0 saturated carbocycles. The first-order valence-electron chi connectivity index (χ1n) is 5.52. The molecule has 1 aliphatic rings. The number of thioether (sulfide) groups is 1. The number of anilines is 1. The van der Waals surface area contributed by atoms with Crippen LogP contribution in [0.4, 0.5) is 5.69 Å². The lowest BCUT2D eigenvalue weighted by Gasteiger charge is -2.39. The van der Waals surface area contributed by atoms with E-state index in [-0.39, 0.29) is 0 Å². The van der Waals surface area contributed by atoms with Crippen molar-refractivity contribution < 1.29 is 0 Å². The van der Waals surface area contributed by atoms with E-state index in [0.29, 0.717) is 11.3 Å². The molecule has 0 fully saturated rings. The highest BCUT2D eigenvalue weighted by Gasteiger charge is 2.29. The van der Waals surface area contributed by atoms with Crippen molar-refractivity contribution in [2.24, 2.45) is 5.73 Å². The Balaban J connectivity index is 2.32. The van der Waals surface area contributed by atoms with Crippen LogP contribution in [-0.4, -0.2) is 24.9 Å². The zero-order valence-electron chi connectivity index (χ0n) is 9.61. The third-order valence-corrected chi connectivity index (χ3v) is 4.93. The lowest BCUT2D eigenvalue weighted by molar-refractivity contribution is 0.604. The van der Waals surface area contributed by atoms with Gasteiger partial charge in [0, 0.05) is 28.3 Å². The quantitative estimate of drug-likeness (QED) is 0.882. The molecule has 1 aromatic carbocycles. The smallest absolute Gasteiger partial charge is 0.0505 e. The van der Waals surface area contributed by atoms with Crippen molar-refractivity contribution in [3.63, 3.8) is 0 Å². The minimum absolute atomic E-state index is 0.516. The second kappa shape index (κ2) is 4.86. The Morgan fingerprint density at radius 1 is 1.50 bits per heavy atom. The first kappa shape index (κ1) is 12.1. The predicted molar refractivity (Wildman–Crippen MR) is 72.6 cm³/mol. The van der Waals surface area contributed by atoms with Gasteiger partial charge in [-0.05, 0) is 38.1 Å². The van der Waals surface area contributed by atoms with Crippen LogP contribution in [0.5, 0.6) is 0 Å². The summed E-state index contributed by atoms with van der Waals surface area (Å²) in [7, 11) is 2.14. The normalized spacial score (nSPS) is 24.4. The van der Waals surface area contributed by atoms with E-state index >= 15 is 0 Å². The molecule has 2 unspecified atom stereocenters. The van der Waals surface area contributed by atoms with Gasteiger partial charge >= 0.3 is 0 Å². The van der Waals surface area contributed by atoms with Crippen LogP contribution in [0.2, 0.25) is 5.02 Å². The van der Waals surface area contributed by atoms with Crippen molar-refractivity contribution in [2.45, 2.75) is 29.5 Å². The standard InChI is InChI=1S/C12H17ClN2S/c1-8-11(5-6-14)16-12-7-9(13)3-4-10(12)15(8)2/h3-4,7-8,11H,5-6,14H2,1-2H3. The molecule has 0 radical (unpaired) electrons. The summed E-state index contributed by atoms with van der Waals surface area (Å²) in [4.78, 5) is 3.59. The Labute approximate surface area is 106 Å².